The molecule has 1 saturated carbocycles. The van der Waals surface area contributed by atoms with Gasteiger partial charge in [0.2, 0.25) is 5.89 Å². The molecule has 18 heavy (non-hydrogen) atoms. The van der Waals surface area contributed by atoms with Crippen LogP contribution in [0.25, 0.3) is 0 Å². The second-order valence-electron chi connectivity index (χ2n) is 4.82. The van der Waals surface area contributed by atoms with Gasteiger partial charge in [0.15, 0.2) is 0 Å². The van der Waals surface area contributed by atoms with Crippen LogP contribution >= 0.6 is 0 Å². The van der Waals surface area contributed by atoms with E-state index in [4.69, 9.17) is 9.15 Å². The standard InChI is InChI=1S/C13H22N2O3/c1-2-12-14-15(13(16)18-12)9-6-10-17-11-7-4-3-5-8-11/h11H,2-10H2,1H3. The van der Waals surface area contributed by atoms with Gasteiger partial charge in [0.25, 0.3) is 0 Å². The second-order valence-corrected chi connectivity index (χ2v) is 4.82. The lowest BCUT2D eigenvalue weighted by Crippen LogP contribution is -2.20. The molecular formula is C13H22N2O3. The van der Waals surface area contributed by atoms with Crippen LogP contribution in [0.15, 0.2) is 9.21 Å². The third-order valence-corrected chi connectivity index (χ3v) is 3.37. The van der Waals surface area contributed by atoms with Crippen molar-refractivity contribution in [2.75, 3.05) is 6.61 Å². The first-order valence-electron chi connectivity index (χ1n) is 6.98. The van der Waals surface area contributed by atoms with Crippen LogP contribution in [-0.2, 0) is 17.7 Å². The first kappa shape index (κ1) is 13.3. The van der Waals surface area contributed by atoms with Crippen molar-refractivity contribution in [2.24, 2.45) is 0 Å². The molecule has 102 valence electrons. The SMILES string of the molecule is CCc1nn(CCCOC2CCCCC2)c(=O)o1. The molecule has 0 atom stereocenters. The van der Waals surface area contributed by atoms with Crippen LogP contribution in [0, 0.1) is 0 Å². The Morgan fingerprint density at radius 1 is 1.39 bits per heavy atom. The highest BCUT2D eigenvalue weighted by atomic mass is 16.5. The van der Waals surface area contributed by atoms with Crippen molar-refractivity contribution >= 4 is 0 Å². The lowest BCUT2D eigenvalue weighted by Gasteiger charge is -2.21. The molecule has 0 aromatic carbocycles. The van der Waals surface area contributed by atoms with Gasteiger partial charge < -0.3 is 9.15 Å². The highest BCUT2D eigenvalue weighted by Crippen LogP contribution is 2.20. The Kier molecular flexibility index (Phi) is 4.99. The van der Waals surface area contributed by atoms with Crippen LogP contribution in [0.3, 0.4) is 0 Å². The monoisotopic (exact) mass is 254 g/mol. The molecule has 0 N–H and O–H groups in total. The second kappa shape index (κ2) is 6.73. The maximum absolute atomic E-state index is 11.4. The Bertz CT molecular complexity index is 405. The normalized spacial score (nSPS) is 17.2. The number of aryl methyl sites for hydroxylation is 2. The molecule has 1 aromatic heterocycles. The van der Waals surface area contributed by atoms with E-state index in [1.54, 1.807) is 0 Å². The van der Waals surface area contributed by atoms with E-state index < -0.39 is 0 Å². The Morgan fingerprint density at radius 2 is 2.17 bits per heavy atom. The molecule has 0 bridgehead atoms. The largest absolute Gasteiger partial charge is 0.437 e. The predicted octanol–water partition coefficient (Wildman–Crippen LogP) is 2.14. The van der Waals surface area contributed by atoms with Gasteiger partial charge in [-0.2, -0.15) is 4.68 Å². The van der Waals surface area contributed by atoms with E-state index in [2.05, 4.69) is 5.10 Å². The molecule has 1 aromatic rings. The van der Waals surface area contributed by atoms with Crippen LogP contribution in [0.5, 0.6) is 0 Å². The molecule has 0 saturated heterocycles. The molecule has 5 nitrogen and oxygen atoms in total. The minimum absolute atomic E-state index is 0.357. The number of ether oxygens (including phenoxy) is 1. The number of hydrogen-bond acceptors (Lipinski definition) is 4. The summed E-state index contributed by atoms with van der Waals surface area (Å²) in [5.41, 5.74) is 0. The minimum atomic E-state index is -0.357. The maximum atomic E-state index is 11.4. The summed E-state index contributed by atoms with van der Waals surface area (Å²) < 4.78 is 12.2. The Hall–Kier alpha value is -1.10. The fourth-order valence-electron chi connectivity index (χ4n) is 2.33. The molecular weight excluding hydrogens is 232 g/mol. The summed E-state index contributed by atoms with van der Waals surface area (Å²) >= 11 is 0. The zero-order valence-electron chi connectivity index (χ0n) is 11.1. The zero-order valence-corrected chi connectivity index (χ0v) is 11.1. The Labute approximate surface area is 107 Å². The molecule has 1 aliphatic rings. The fourth-order valence-corrected chi connectivity index (χ4v) is 2.33. The van der Waals surface area contributed by atoms with Gasteiger partial charge in [0.05, 0.1) is 12.6 Å². The summed E-state index contributed by atoms with van der Waals surface area (Å²) in [6.45, 7) is 3.20. The van der Waals surface area contributed by atoms with Crippen molar-refractivity contribution in [3.63, 3.8) is 0 Å². The molecule has 2 rings (SSSR count). The van der Waals surface area contributed by atoms with Gasteiger partial charge in [-0.3, -0.25) is 0 Å². The molecule has 0 amide bonds. The van der Waals surface area contributed by atoms with E-state index in [-0.39, 0.29) is 5.76 Å². The molecule has 1 heterocycles. The van der Waals surface area contributed by atoms with Crippen molar-refractivity contribution in [1.82, 2.24) is 9.78 Å². The van der Waals surface area contributed by atoms with Crippen molar-refractivity contribution in [1.29, 1.82) is 0 Å². The molecule has 0 spiro atoms. The number of hydrogen-bond donors (Lipinski definition) is 0. The molecule has 1 aliphatic carbocycles. The lowest BCUT2D eigenvalue weighted by molar-refractivity contribution is 0.0252. The highest BCUT2D eigenvalue weighted by molar-refractivity contribution is 4.72. The highest BCUT2D eigenvalue weighted by Gasteiger charge is 2.13. The van der Waals surface area contributed by atoms with Gasteiger partial charge in [0, 0.05) is 13.0 Å². The minimum Gasteiger partial charge on any atom is -0.392 e. The quantitative estimate of drug-likeness (QED) is 0.730. The van der Waals surface area contributed by atoms with E-state index in [0.717, 1.165) is 6.42 Å². The molecule has 1 fully saturated rings. The lowest BCUT2D eigenvalue weighted by atomic mass is 9.98. The summed E-state index contributed by atoms with van der Waals surface area (Å²) in [7, 11) is 0. The fraction of sp³-hybridized carbons (Fsp3) is 0.846. The van der Waals surface area contributed by atoms with Crippen molar-refractivity contribution < 1.29 is 9.15 Å². The Balaban J connectivity index is 1.68. The molecule has 0 unspecified atom stereocenters. The van der Waals surface area contributed by atoms with E-state index in [1.165, 1.54) is 36.8 Å². The van der Waals surface area contributed by atoms with Gasteiger partial charge >= 0.3 is 5.76 Å². The van der Waals surface area contributed by atoms with Crippen LogP contribution in [0.4, 0.5) is 0 Å². The number of aromatic nitrogens is 2. The van der Waals surface area contributed by atoms with Crippen LogP contribution in [0.1, 0.15) is 51.3 Å². The summed E-state index contributed by atoms with van der Waals surface area (Å²) in [6.07, 6.45) is 8.17. The smallest absolute Gasteiger partial charge is 0.392 e. The molecule has 0 aliphatic heterocycles. The summed E-state index contributed by atoms with van der Waals surface area (Å²) in [5.74, 6) is 0.151. The average Bonchev–Trinajstić information content (AvgIpc) is 2.77. The first-order valence-corrected chi connectivity index (χ1v) is 6.98. The summed E-state index contributed by atoms with van der Waals surface area (Å²) in [6, 6.07) is 0. The van der Waals surface area contributed by atoms with Crippen LogP contribution in [0.2, 0.25) is 0 Å². The van der Waals surface area contributed by atoms with Gasteiger partial charge in [-0.1, -0.05) is 26.2 Å². The summed E-state index contributed by atoms with van der Waals surface area (Å²) in [5, 5.41) is 4.09. The van der Waals surface area contributed by atoms with Gasteiger partial charge in [0.1, 0.15) is 0 Å². The number of rotatable bonds is 6. The third kappa shape index (κ3) is 3.70. The van der Waals surface area contributed by atoms with Gasteiger partial charge in [-0.15, -0.1) is 5.10 Å². The van der Waals surface area contributed by atoms with Crippen molar-refractivity contribution in [3.8, 4) is 0 Å². The Morgan fingerprint density at radius 3 is 2.83 bits per heavy atom. The van der Waals surface area contributed by atoms with E-state index in [9.17, 15) is 4.79 Å². The number of nitrogens with zero attached hydrogens (tertiary/aromatic N) is 2. The first-order chi connectivity index (χ1) is 8.79. The van der Waals surface area contributed by atoms with Crippen molar-refractivity contribution in [3.05, 3.63) is 16.4 Å². The third-order valence-electron chi connectivity index (χ3n) is 3.37. The average molecular weight is 254 g/mol. The molecule has 5 heteroatoms. The predicted molar refractivity (Wildman–Crippen MR) is 67.6 cm³/mol. The van der Waals surface area contributed by atoms with E-state index in [0.29, 0.717) is 31.6 Å². The summed E-state index contributed by atoms with van der Waals surface area (Å²) in [4.78, 5) is 11.4. The van der Waals surface area contributed by atoms with E-state index >= 15 is 0 Å². The van der Waals surface area contributed by atoms with E-state index in [1.807, 2.05) is 6.92 Å². The van der Waals surface area contributed by atoms with Crippen molar-refractivity contribution in [2.45, 2.75) is 64.5 Å². The topological polar surface area (TPSA) is 57.3 Å². The van der Waals surface area contributed by atoms with Gasteiger partial charge in [-0.05, 0) is 19.3 Å². The maximum Gasteiger partial charge on any atom is 0.437 e. The van der Waals surface area contributed by atoms with Gasteiger partial charge in [-0.25, -0.2) is 4.79 Å². The van der Waals surface area contributed by atoms with Crippen LogP contribution < -0.4 is 5.76 Å². The molecule has 0 radical (unpaired) electrons. The zero-order chi connectivity index (χ0) is 12.8. The van der Waals surface area contributed by atoms with Crippen LogP contribution in [-0.4, -0.2) is 22.5 Å².